The van der Waals surface area contributed by atoms with Gasteiger partial charge in [0.2, 0.25) is 0 Å². The molecule has 0 amide bonds. The molecule has 0 aromatic heterocycles. The molecular weight excluding hydrogens is 284 g/mol. The molecular formula is C18H17ClO2. The van der Waals surface area contributed by atoms with Gasteiger partial charge in [-0.1, -0.05) is 36.9 Å². The van der Waals surface area contributed by atoms with Crippen molar-refractivity contribution in [1.82, 2.24) is 0 Å². The molecule has 3 heteroatoms. The van der Waals surface area contributed by atoms with E-state index in [9.17, 15) is 0 Å². The fourth-order valence-electron chi connectivity index (χ4n) is 2.02. The largest absolute Gasteiger partial charge is 0.497 e. The zero-order chi connectivity index (χ0) is 15.4. The van der Waals surface area contributed by atoms with E-state index in [2.05, 4.69) is 13.2 Å². The molecule has 2 aromatic rings. The van der Waals surface area contributed by atoms with E-state index in [1.54, 1.807) is 14.2 Å². The summed E-state index contributed by atoms with van der Waals surface area (Å²) in [6, 6.07) is 13.6. The van der Waals surface area contributed by atoms with Gasteiger partial charge in [0.25, 0.3) is 0 Å². The van der Waals surface area contributed by atoms with E-state index < -0.39 is 0 Å². The average molecular weight is 301 g/mol. The van der Waals surface area contributed by atoms with Gasteiger partial charge in [-0.05, 0) is 41.5 Å². The van der Waals surface area contributed by atoms with E-state index in [-0.39, 0.29) is 0 Å². The second-order valence-electron chi connectivity index (χ2n) is 4.56. The van der Waals surface area contributed by atoms with Crippen LogP contribution in [0, 0.1) is 0 Å². The summed E-state index contributed by atoms with van der Waals surface area (Å²) < 4.78 is 10.5. The minimum Gasteiger partial charge on any atom is -0.497 e. The molecule has 0 aliphatic carbocycles. The molecule has 21 heavy (non-hydrogen) atoms. The summed E-state index contributed by atoms with van der Waals surface area (Å²) in [4.78, 5) is 0. The van der Waals surface area contributed by atoms with E-state index in [0.29, 0.717) is 16.5 Å². The molecule has 0 atom stereocenters. The first-order chi connectivity index (χ1) is 10.0. The van der Waals surface area contributed by atoms with Crippen LogP contribution in [0.5, 0.6) is 0 Å². The van der Waals surface area contributed by atoms with E-state index in [1.807, 2.05) is 42.5 Å². The normalized spacial score (nSPS) is 10.0. The lowest BCUT2D eigenvalue weighted by Gasteiger charge is -2.12. The molecule has 0 bridgehead atoms. The summed E-state index contributed by atoms with van der Waals surface area (Å²) in [5.41, 5.74) is 3.77. The van der Waals surface area contributed by atoms with Crippen molar-refractivity contribution in [2.24, 2.45) is 0 Å². The molecule has 0 spiro atoms. The maximum Gasteiger partial charge on any atom is 0.118 e. The predicted octanol–water partition coefficient (Wildman–Crippen LogP) is 5.24. The van der Waals surface area contributed by atoms with Gasteiger partial charge >= 0.3 is 0 Å². The van der Waals surface area contributed by atoms with Crippen molar-refractivity contribution in [1.29, 1.82) is 0 Å². The van der Waals surface area contributed by atoms with Crippen molar-refractivity contribution >= 4 is 23.1 Å². The number of hydrogen-bond donors (Lipinski definition) is 0. The highest BCUT2D eigenvalue weighted by Gasteiger charge is 2.09. The highest BCUT2D eigenvalue weighted by molar-refractivity contribution is 6.30. The third-order valence-electron chi connectivity index (χ3n) is 3.23. The number of hydrogen-bond acceptors (Lipinski definition) is 2. The van der Waals surface area contributed by atoms with Crippen molar-refractivity contribution < 1.29 is 9.47 Å². The first-order valence-electron chi connectivity index (χ1n) is 6.42. The Morgan fingerprint density at radius 2 is 1.43 bits per heavy atom. The molecule has 2 aromatic carbocycles. The van der Waals surface area contributed by atoms with Gasteiger partial charge in [0, 0.05) is 16.1 Å². The van der Waals surface area contributed by atoms with Crippen molar-refractivity contribution in [2.75, 3.05) is 14.2 Å². The summed E-state index contributed by atoms with van der Waals surface area (Å²) in [5, 5.41) is 0.690. The Bertz CT molecular complexity index is 655. The Labute approximate surface area is 130 Å². The van der Waals surface area contributed by atoms with Gasteiger partial charge < -0.3 is 9.47 Å². The lowest BCUT2D eigenvalue weighted by molar-refractivity contribution is 0.369. The maximum absolute atomic E-state index is 6.07. The van der Waals surface area contributed by atoms with E-state index in [4.69, 9.17) is 21.1 Å². The molecule has 0 aliphatic heterocycles. The molecule has 0 radical (unpaired) electrons. The quantitative estimate of drug-likeness (QED) is 0.703. The third-order valence-corrected chi connectivity index (χ3v) is 3.46. The second-order valence-corrected chi connectivity index (χ2v) is 5.00. The number of halogens is 1. The van der Waals surface area contributed by atoms with Crippen molar-refractivity contribution in [3.63, 3.8) is 0 Å². The molecule has 0 heterocycles. The topological polar surface area (TPSA) is 18.5 Å². The molecule has 0 N–H and O–H groups in total. The lowest BCUT2D eigenvalue weighted by Crippen LogP contribution is -1.93. The standard InChI is InChI=1S/C18H17ClO2/c1-12(20-3)15-8-16(13(2)21-4)10-17(9-15)14-6-5-7-18(19)11-14/h5-11H,1-2H2,3-4H3. The summed E-state index contributed by atoms with van der Waals surface area (Å²) in [6.45, 7) is 7.81. The molecule has 0 fully saturated rings. The van der Waals surface area contributed by atoms with Gasteiger partial charge in [0.1, 0.15) is 11.5 Å². The van der Waals surface area contributed by atoms with Gasteiger partial charge in [0.15, 0.2) is 0 Å². The Morgan fingerprint density at radius 1 is 0.857 bits per heavy atom. The number of rotatable bonds is 5. The van der Waals surface area contributed by atoms with E-state index >= 15 is 0 Å². The zero-order valence-corrected chi connectivity index (χ0v) is 12.9. The van der Waals surface area contributed by atoms with Crippen LogP contribution >= 0.6 is 11.6 Å². The minimum absolute atomic E-state index is 0.587. The molecule has 0 saturated carbocycles. The van der Waals surface area contributed by atoms with Crippen LogP contribution in [0.2, 0.25) is 5.02 Å². The van der Waals surface area contributed by atoms with Gasteiger partial charge in [0.05, 0.1) is 14.2 Å². The Kier molecular flexibility index (Phi) is 4.71. The summed E-state index contributed by atoms with van der Waals surface area (Å²) in [6.07, 6.45) is 0. The molecule has 0 saturated heterocycles. The molecule has 2 nitrogen and oxygen atoms in total. The molecule has 0 unspecified atom stereocenters. The lowest BCUT2D eigenvalue weighted by atomic mass is 9.98. The summed E-state index contributed by atoms with van der Waals surface area (Å²) in [5.74, 6) is 1.17. The summed E-state index contributed by atoms with van der Waals surface area (Å²) >= 11 is 6.07. The Hall–Kier alpha value is -2.19. The minimum atomic E-state index is 0.587. The van der Waals surface area contributed by atoms with E-state index in [0.717, 1.165) is 22.3 Å². The van der Waals surface area contributed by atoms with Gasteiger partial charge in [-0.15, -0.1) is 0 Å². The smallest absolute Gasteiger partial charge is 0.118 e. The van der Waals surface area contributed by atoms with Crippen LogP contribution in [0.1, 0.15) is 11.1 Å². The Balaban J connectivity index is 2.59. The van der Waals surface area contributed by atoms with Crippen molar-refractivity contribution in [3.05, 3.63) is 71.8 Å². The fraction of sp³-hybridized carbons (Fsp3) is 0.111. The zero-order valence-electron chi connectivity index (χ0n) is 12.2. The van der Waals surface area contributed by atoms with Gasteiger partial charge in [-0.2, -0.15) is 0 Å². The number of ether oxygens (including phenoxy) is 2. The van der Waals surface area contributed by atoms with Crippen molar-refractivity contribution in [3.8, 4) is 11.1 Å². The van der Waals surface area contributed by atoms with Crippen LogP contribution in [0.3, 0.4) is 0 Å². The molecule has 0 aliphatic rings. The maximum atomic E-state index is 6.07. The summed E-state index contributed by atoms with van der Waals surface area (Å²) in [7, 11) is 3.19. The molecule has 108 valence electrons. The third kappa shape index (κ3) is 3.47. The first kappa shape index (κ1) is 15.2. The first-order valence-corrected chi connectivity index (χ1v) is 6.80. The number of benzene rings is 2. The van der Waals surface area contributed by atoms with Crippen molar-refractivity contribution in [2.45, 2.75) is 0 Å². The van der Waals surface area contributed by atoms with Crippen LogP contribution in [0.4, 0.5) is 0 Å². The average Bonchev–Trinajstić information content (AvgIpc) is 2.52. The highest BCUT2D eigenvalue weighted by atomic mass is 35.5. The van der Waals surface area contributed by atoms with E-state index in [1.165, 1.54) is 0 Å². The van der Waals surface area contributed by atoms with Crippen LogP contribution in [-0.2, 0) is 9.47 Å². The van der Waals surface area contributed by atoms with Gasteiger partial charge in [-0.3, -0.25) is 0 Å². The van der Waals surface area contributed by atoms with Crippen LogP contribution in [-0.4, -0.2) is 14.2 Å². The second kappa shape index (κ2) is 6.51. The van der Waals surface area contributed by atoms with Crippen LogP contribution in [0.15, 0.2) is 55.6 Å². The van der Waals surface area contributed by atoms with Crippen LogP contribution in [0.25, 0.3) is 22.6 Å². The van der Waals surface area contributed by atoms with Crippen LogP contribution < -0.4 is 0 Å². The SMILES string of the molecule is C=C(OC)c1cc(C(=C)OC)cc(-c2cccc(Cl)c2)c1. The molecule has 2 rings (SSSR count). The monoisotopic (exact) mass is 300 g/mol. The highest BCUT2D eigenvalue weighted by Crippen LogP contribution is 2.29. The Morgan fingerprint density at radius 3 is 1.90 bits per heavy atom. The van der Waals surface area contributed by atoms with Gasteiger partial charge in [-0.25, -0.2) is 0 Å². The fourth-order valence-corrected chi connectivity index (χ4v) is 2.21. The number of methoxy groups -OCH3 is 2. The predicted molar refractivity (Wildman–Crippen MR) is 89.0 cm³/mol.